The van der Waals surface area contributed by atoms with Crippen molar-refractivity contribution in [3.05, 3.63) is 66.0 Å². The lowest BCUT2D eigenvalue weighted by atomic mass is 10.1. The first kappa shape index (κ1) is 49.0. The molecule has 338 valence electrons. The molecule has 1 aliphatic rings. The Balaban J connectivity index is 1.22. The van der Waals surface area contributed by atoms with E-state index in [4.69, 9.17) is 9.82 Å². The van der Waals surface area contributed by atoms with Crippen molar-refractivity contribution in [1.82, 2.24) is 35.1 Å². The summed E-state index contributed by atoms with van der Waals surface area (Å²) in [5.74, 6) is -6.52. The van der Waals surface area contributed by atoms with E-state index in [1.165, 1.54) is 9.80 Å². The number of nitrogens with zero attached hydrogens (tertiary/aromatic N) is 6. The minimum absolute atomic E-state index is 0.0243. The Labute approximate surface area is 363 Å². The van der Waals surface area contributed by atoms with Gasteiger partial charge in [-0.1, -0.05) is 43.9 Å². The third-order valence-electron chi connectivity index (χ3n) is 9.88. The Bertz CT molecular complexity index is 2070. The number of hydroxylamine groups is 2. The van der Waals surface area contributed by atoms with Crippen LogP contribution < -0.4 is 5.32 Å². The first-order valence-corrected chi connectivity index (χ1v) is 20.8. The van der Waals surface area contributed by atoms with Gasteiger partial charge in [0.25, 0.3) is 11.8 Å². The second-order valence-electron chi connectivity index (χ2n) is 15.0. The number of nitrogens with one attached hydrogen (secondary N) is 1. The normalized spacial score (nSPS) is 13.0. The van der Waals surface area contributed by atoms with Crippen LogP contribution in [0.2, 0.25) is 0 Å². The molecule has 4 heterocycles. The minimum Gasteiger partial charge on any atom is -0.480 e. The van der Waals surface area contributed by atoms with E-state index in [2.05, 4.69) is 15.3 Å². The van der Waals surface area contributed by atoms with E-state index in [-0.39, 0.29) is 44.7 Å². The fourth-order valence-electron chi connectivity index (χ4n) is 6.89. The molecule has 5 N–H and O–H groups in total. The molecule has 3 amide bonds. The van der Waals surface area contributed by atoms with E-state index < -0.39 is 67.3 Å². The summed E-state index contributed by atoms with van der Waals surface area (Å²) in [5.41, 5.74) is 2.64. The number of imide groups is 1. The van der Waals surface area contributed by atoms with Crippen LogP contribution in [0.5, 0.6) is 0 Å². The molecule has 0 unspecified atom stereocenters. The van der Waals surface area contributed by atoms with Crippen molar-refractivity contribution in [2.45, 2.75) is 103 Å². The van der Waals surface area contributed by atoms with Gasteiger partial charge in [-0.2, -0.15) is 0 Å². The Morgan fingerprint density at radius 1 is 0.619 bits per heavy atom. The molecule has 1 atom stereocenters. The molecule has 0 bridgehead atoms. The minimum atomic E-state index is -1.21. The standard InChI is InChI=1S/C43H53N7O13/c51-36(19-5-3-1-2-4-6-20-42(60)63-50-37(52)21-22-38(50)53)44-23-8-7-18-35(43(61)62)49(28-41(58)59)25-30-13-10-15-32(46-30)34-17-11-16-33(47-34)31-14-9-12-29(45-31)24-48(26-39(54)55)27-40(56)57/h9-17,35H,1-8,18-28H2,(H,44,51)(H,54,55)(H,56,57)(H,58,59)(H,61,62)/t35-/m0/s1. The topological polar surface area (TPSA) is 287 Å². The van der Waals surface area contributed by atoms with Crippen molar-refractivity contribution >= 4 is 47.6 Å². The maximum absolute atomic E-state index is 12.4. The molecule has 1 saturated heterocycles. The Morgan fingerprint density at radius 2 is 1.11 bits per heavy atom. The van der Waals surface area contributed by atoms with Gasteiger partial charge in [-0.3, -0.25) is 43.4 Å². The maximum Gasteiger partial charge on any atom is 0.333 e. The molecule has 63 heavy (non-hydrogen) atoms. The van der Waals surface area contributed by atoms with Gasteiger partial charge >= 0.3 is 29.8 Å². The van der Waals surface area contributed by atoms with Crippen LogP contribution in [0.1, 0.15) is 94.9 Å². The number of pyridine rings is 3. The zero-order valence-electron chi connectivity index (χ0n) is 34.9. The second kappa shape index (κ2) is 25.3. The first-order valence-electron chi connectivity index (χ1n) is 20.8. The molecule has 0 aromatic carbocycles. The Hall–Kier alpha value is -6.67. The van der Waals surface area contributed by atoms with Gasteiger partial charge in [0.1, 0.15) is 6.04 Å². The van der Waals surface area contributed by atoms with Gasteiger partial charge < -0.3 is 30.6 Å². The molecule has 0 spiro atoms. The molecule has 20 nitrogen and oxygen atoms in total. The summed E-state index contributed by atoms with van der Waals surface area (Å²) >= 11 is 0. The van der Waals surface area contributed by atoms with E-state index >= 15 is 0 Å². The average molecular weight is 876 g/mol. The first-order chi connectivity index (χ1) is 30.2. The molecule has 20 heteroatoms. The lowest BCUT2D eigenvalue weighted by Crippen LogP contribution is -2.43. The molecule has 0 radical (unpaired) electrons. The Morgan fingerprint density at radius 3 is 1.65 bits per heavy atom. The number of unbranched alkanes of at least 4 members (excludes halogenated alkanes) is 6. The fourth-order valence-corrected chi connectivity index (χ4v) is 6.89. The summed E-state index contributed by atoms with van der Waals surface area (Å²) in [7, 11) is 0. The quantitative estimate of drug-likeness (QED) is 0.0492. The highest BCUT2D eigenvalue weighted by Gasteiger charge is 2.32. The maximum atomic E-state index is 12.4. The molecule has 3 aromatic rings. The summed E-state index contributed by atoms with van der Waals surface area (Å²) in [4.78, 5) is 116. The van der Waals surface area contributed by atoms with Crippen LogP contribution >= 0.6 is 0 Å². The van der Waals surface area contributed by atoms with E-state index in [1.54, 1.807) is 54.6 Å². The van der Waals surface area contributed by atoms with Crippen molar-refractivity contribution < 1.29 is 63.6 Å². The molecule has 0 saturated carbocycles. The lowest BCUT2D eigenvalue weighted by molar-refractivity contribution is -0.197. The van der Waals surface area contributed by atoms with Gasteiger partial charge in [0, 0.05) is 45.3 Å². The van der Waals surface area contributed by atoms with E-state index in [0.717, 1.165) is 25.7 Å². The smallest absolute Gasteiger partial charge is 0.333 e. The summed E-state index contributed by atoms with van der Waals surface area (Å²) < 4.78 is 0. The molecular weight excluding hydrogens is 823 g/mol. The number of aromatic nitrogens is 3. The van der Waals surface area contributed by atoms with Crippen molar-refractivity contribution in [3.8, 4) is 22.8 Å². The highest BCUT2D eigenvalue weighted by Crippen LogP contribution is 2.23. The van der Waals surface area contributed by atoms with Crippen molar-refractivity contribution in [2.24, 2.45) is 0 Å². The highest BCUT2D eigenvalue weighted by atomic mass is 16.7. The summed E-state index contributed by atoms with van der Waals surface area (Å²) in [6, 6.07) is 14.2. The fraction of sp³-hybridized carbons (Fsp3) is 0.465. The SMILES string of the molecule is O=C(O)CN(CC(=O)O)Cc1cccc(-c2cccc(-c3cccc(CN(CC(=O)O)[C@@H](CCCCNC(=O)CCCCCCCCC(=O)ON4C(=O)CCC4=O)C(=O)O)n3)n2)n1. The zero-order chi connectivity index (χ0) is 45.7. The van der Waals surface area contributed by atoms with E-state index in [9.17, 15) is 58.8 Å². The number of amides is 3. The van der Waals surface area contributed by atoms with Crippen LogP contribution in [0.4, 0.5) is 0 Å². The van der Waals surface area contributed by atoms with Gasteiger partial charge in [-0.25, -0.2) is 19.7 Å². The van der Waals surface area contributed by atoms with Crippen LogP contribution in [0.3, 0.4) is 0 Å². The van der Waals surface area contributed by atoms with Crippen LogP contribution in [-0.4, -0.2) is 130 Å². The summed E-state index contributed by atoms with van der Waals surface area (Å²) in [6.07, 6.45) is 6.06. The van der Waals surface area contributed by atoms with Gasteiger partial charge in [-0.15, -0.1) is 5.06 Å². The molecule has 4 rings (SSSR count). The number of carboxylic acids is 4. The van der Waals surface area contributed by atoms with E-state index in [1.807, 2.05) is 0 Å². The third kappa shape index (κ3) is 17.3. The van der Waals surface area contributed by atoms with E-state index in [0.29, 0.717) is 77.9 Å². The zero-order valence-corrected chi connectivity index (χ0v) is 34.9. The number of carbonyl (C=O) groups is 8. The van der Waals surface area contributed by atoms with Gasteiger partial charge in [0.05, 0.1) is 53.8 Å². The van der Waals surface area contributed by atoms with Gasteiger partial charge in [-0.05, 0) is 68.5 Å². The van der Waals surface area contributed by atoms with Crippen molar-refractivity contribution in [3.63, 3.8) is 0 Å². The number of carbonyl (C=O) groups excluding carboxylic acids is 4. The van der Waals surface area contributed by atoms with Crippen LogP contribution in [-0.2, 0) is 56.3 Å². The summed E-state index contributed by atoms with van der Waals surface area (Å²) in [6.45, 7) is -1.31. The van der Waals surface area contributed by atoms with Gasteiger partial charge in [0.2, 0.25) is 5.91 Å². The van der Waals surface area contributed by atoms with Crippen LogP contribution in [0, 0.1) is 0 Å². The van der Waals surface area contributed by atoms with Crippen molar-refractivity contribution in [2.75, 3.05) is 26.2 Å². The third-order valence-corrected chi connectivity index (χ3v) is 9.88. The molecular formula is C43H53N7O13. The molecule has 1 aliphatic heterocycles. The van der Waals surface area contributed by atoms with Crippen LogP contribution in [0.15, 0.2) is 54.6 Å². The highest BCUT2D eigenvalue weighted by molar-refractivity contribution is 6.01. The number of carboxylic acid groups (broad SMARTS) is 4. The second-order valence-corrected chi connectivity index (χ2v) is 15.0. The van der Waals surface area contributed by atoms with Crippen LogP contribution in [0.25, 0.3) is 22.8 Å². The average Bonchev–Trinajstić information content (AvgIpc) is 3.54. The lowest BCUT2D eigenvalue weighted by Gasteiger charge is -2.27. The molecule has 1 fully saturated rings. The predicted molar refractivity (Wildman–Crippen MR) is 222 cm³/mol. The molecule has 3 aromatic heterocycles. The predicted octanol–water partition coefficient (Wildman–Crippen LogP) is 3.53. The number of rotatable bonds is 29. The van der Waals surface area contributed by atoms with Gasteiger partial charge in [0.15, 0.2) is 0 Å². The summed E-state index contributed by atoms with van der Waals surface area (Å²) in [5, 5.41) is 41.6. The number of hydrogen-bond donors (Lipinski definition) is 5. The number of aliphatic carboxylic acids is 4. The Kier molecular flexibility index (Phi) is 19.7. The number of hydrogen-bond acceptors (Lipinski definition) is 14. The largest absolute Gasteiger partial charge is 0.480 e. The monoisotopic (exact) mass is 875 g/mol. The van der Waals surface area contributed by atoms with Crippen molar-refractivity contribution in [1.29, 1.82) is 0 Å². The molecule has 0 aliphatic carbocycles.